The Kier molecular flexibility index (Phi) is 23.2. The van der Waals surface area contributed by atoms with Crippen molar-refractivity contribution in [2.45, 2.75) is 61.8 Å². The highest BCUT2D eigenvalue weighted by Crippen LogP contribution is 1.95. The molecule has 0 N–H and O–H groups in total. The number of hydrogen-bond donors (Lipinski definition) is 0. The van der Waals surface area contributed by atoms with Crippen LogP contribution in [0.4, 0.5) is 0 Å². The molecule has 0 bridgehead atoms. The Balaban J connectivity index is -0.000000214. The molecule has 0 radical (unpaired) electrons. The number of aromatic nitrogens is 1. The molecular formula is C17H35NO. The van der Waals surface area contributed by atoms with Crippen LogP contribution in [0.3, 0.4) is 0 Å². The Morgan fingerprint density at radius 1 is 1.21 bits per heavy atom. The van der Waals surface area contributed by atoms with Crippen LogP contribution in [-0.2, 0) is 11.8 Å². The zero-order chi connectivity index (χ0) is 15.7. The monoisotopic (exact) mass is 269 g/mol. The summed E-state index contributed by atoms with van der Waals surface area (Å²) in [6.45, 7) is 16.9. The second-order valence-corrected chi connectivity index (χ2v) is 3.42. The standard InChI is InChI=1S/C7H14O.C6H9N.2C2H6/c1-4-6-7(3)8-5-2;1-6-4-3-5-7(6)2;2*1-2/h6H,4-5H2,1-3H3;3-5H,1-2H3;2*1-2H3/b7-6-;;;. The quantitative estimate of drug-likeness (QED) is 0.640. The van der Waals surface area contributed by atoms with E-state index in [0.29, 0.717) is 0 Å². The Morgan fingerprint density at radius 3 is 1.95 bits per heavy atom. The molecule has 0 aliphatic rings. The van der Waals surface area contributed by atoms with Crippen molar-refractivity contribution in [2.75, 3.05) is 6.61 Å². The van der Waals surface area contributed by atoms with Gasteiger partial charge in [-0.2, -0.15) is 0 Å². The van der Waals surface area contributed by atoms with E-state index in [1.807, 2.05) is 60.9 Å². The van der Waals surface area contributed by atoms with E-state index in [1.165, 1.54) is 5.69 Å². The molecule has 114 valence electrons. The van der Waals surface area contributed by atoms with Crippen molar-refractivity contribution in [2.24, 2.45) is 7.05 Å². The van der Waals surface area contributed by atoms with E-state index in [0.717, 1.165) is 18.8 Å². The molecule has 0 atom stereocenters. The van der Waals surface area contributed by atoms with Gasteiger partial charge in [0.15, 0.2) is 0 Å². The van der Waals surface area contributed by atoms with Crippen LogP contribution in [0.15, 0.2) is 30.2 Å². The van der Waals surface area contributed by atoms with Gasteiger partial charge in [0, 0.05) is 18.9 Å². The summed E-state index contributed by atoms with van der Waals surface area (Å²) in [5.74, 6) is 1.04. The minimum atomic E-state index is 0.780. The molecule has 1 aromatic heterocycles. The SMILES string of the molecule is CC.CC.CC/C=C(/C)OCC.Cc1cccn1C. The molecule has 1 rings (SSSR count). The Labute approximate surface area is 121 Å². The number of aryl methyl sites for hydroxylation is 2. The van der Waals surface area contributed by atoms with Crippen LogP contribution in [0.1, 0.15) is 60.6 Å². The molecule has 1 aromatic rings. The summed E-state index contributed by atoms with van der Waals surface area (Å²) >= 11 is 0. The van der Waals surface area contributed by atoms with Crippen LogP contribution in [0, 0.1) is 6.92 Å². The maximum Gasteiger partial charge on any atom is 0.0888 e. The second kappa shape index (κ2) is 19.2. The van der Waals surface area contributed by atoms with Crippen LogP contribution >= 0.6 is 0 Å². The first-order valence-corrected chi connectivity index (χ1v) is 7.49. The lowest BCUT2D eigenvalue weighted by Gasteiger charge is -1.99. The third-order valence-corrected chi connectivity index (χ3v) is 2.07. The van der Waals surface area contributed by atoms with E-state index in [1.54, 1.807) is 0 Å². The van der Waals surface area contributed by atoms with E-state index in [9.17, 15) is 0 Å². The van der Waals surface area contributed by atoms with E-state index in [4.69, 9.17) is 4.74 Å². The van der Waals surface area contributed by atoms with Gasteiger partial charge in [0.05, 0.1) is 12.4 Å². The Morgan fingerprint density at radius 2 is 1.74 bits per heavy atom. The molecular weight excluding hydrogens is 234 g/mol. The molecule has 0 aliphatic heterocycles. The van der Waals surface area contributed by atoms with Crippen molar-refractivity contribution in [3.05, 3.63) is 35.9 Å². The number of hydrogen-bond acceptors (Lipinski definition) is 1. The van der Waals surface area contributed by atoms with E-state index < -0.39 is 0 Å². The van der Waals surface area contributed by atoms with Crippen molar-refractivity contribution >= 4 is 0 Å². The summed E-state index contributed by atoms with van der Waals surface area (Å²) in [6, 6.07) is 4.12. The maximum absolute atomic E-state index is 5.14. The number of allylic oxidation sites excluding steroid dienone is 2. The van der Waals surface area contributed by atoms with Gasteiger partial charge in [-0.25, -0.2) is 0 Å². The average molecular weight is 269 g/mol. The highest BCUT2D eigenvalue weighted by molar-refractivity contribution is 5.02. The molecule has 0 amide bonds. The van der Waals surface area contributed by atoms with Crippen LogP contribution < -0.4 is 0 Å². The topological polar surface area (TPSA) is 14.2 Å². The molecule has 0 aromatic carbocycles. The molecule has 0 spiro atoms. The molecule has 19 heavy (non-hydrogen) atoms. The van der Waals surface area contributed by atoms with E-state index in [-0.39, 0.29) is 0 Å². The number of nitrogens with zero attached hydrogens (tertiary/aromatic N) is 1. The molecule has 0 aliphatic carbocycles. The third kappa shape index (κ3) is 16.8. The predicted octanol–water partition coefficient (Wildman–Crippen LogP) is 5.72. The predicted molar refractivity (Wildman–Crippen MR) is 88.5 cm³/mol. The van der Waals surface area contributed by atoms with Gasteiger partial charge in [0.1, 0.15) is 0 Å². The highest BCUT2D eigenvalue weighted by atomic mass is 16.5. The smallest absolute Gasteiger partial charge is 0.0888 e. The first-order chi connectivity index (χ1) is 9.11. The Bertz CT molecular complexity index is 271. The third-order valence-electron chi connectivity index (χ3n) is 2.07. The van der Waals surface area contributed by atoms with Crippen LogP contribution in [0.2, 0.25) is 0 Å². The fourth-order valence-corrected chi connectivity index (χ4v) is 1.12. The van der Waals surface area contributed by atoms with Crippen molar-refractivity contribution in [1.29, 1.82) is 0 Å². The molecule has 2 heteroatoms. The lowest BCUT2D eigenvalue weighted by molar-refractivity contribution is 0.230. The maximum atomic E-state index is 5.14. The van der Waals surface area contributed by atoms with Gasteiger partial charge in [-0.05, 0) is 45.4 Å². The minimum Gasteiger partial charge on any atom is -0.499 e. The lowest BCUT2D eigenvalue weighted by atomic mass is 10.4. The van der Waals surface area contributed by atoms with Crippen LogP contribution in [-0.4, -0.2) is 11.2 Å². The fraction of sp³-hybridized carbons (Fsp3) is 0.647. The van der Waals surface area contributed by atoms with Gasteiger partial charge in [-0.3, -0.25) is 0 Å². The Hall–Kier alpha value is -1.18. The van der Waals surface area contributed by atoms with Gasteiger partial charge >= 0.3 is 0 Å². The van der Waals surface area contributed by atoms with Crippen molar-refractivity contribution < 1.29 is 4.74 Å². The largest absolute Gasteiger partial charge is 0.499 e. The second-order valence-electron chi connectivity index (χ2n) is 3.42. The van der Waals surface area contributed by atoms with E-state index in [2.05, 4.69) is 30.6 Å². The minimum absolute atomic E-state index is 0.780. The summed E-state index contributed by atoms with van der Waals surface area (Å²) < 4.78 is 7.23. The average Bonchev–Trinajstić information content (AvgIpc) is 2.80. The molecule has 0 unspecified atom stereocenters. The summed E-state index contributed by atoms with van der Waals surface area (Å²) in [6.07, 6.45) is 5.17. The summed E-state index contributed by atoms with van der Waals surface area (Å²) in [4.78, 5) is 0. The number of ether oxygens (including phenoxy) is 1. The van der Waals surface area contributed by atoms with Crippen LogP contribution in [0.25, 0.3) is 0 Å². The van der Waals surface area contributed by atoms with Crippen molar-refractivity contribution in [3.63, 3.8) is 0 Å². The molecule has 1 heterocycles. The summed E-state index contributed by atoms with van der Waals surface area (Å²) in [7, 11) is 2.04. The first-order valence-electron chi connectivity index (χ1n) is 7.49. The fourth-order valence-electron chi connectivity index (χ4n) is 1.12. The van der Waals surface area contributed by atoms with Gasteiger partial charge in [0.2, 0.25) is 0 Å². The molecule has 2 nitrogen and oxygen atoms in total. The summed E-state index contributed by atoms with van der Waals surface area (Å²) in [5, 5.41) is 0. The van der Waals surface area contributed by atoms with Crippen molar-refractivity contribution in [3.8, 4) is 0 Å². The lowest BCUT2D eigenvalue weighted by Crippen LogP contribution is -1.84. The summed E-state index contributed by atoms with van der Waals surface area (Å²) in [5.41, 5.74) is 1.31. The zero-order valence-corrected chi connectivity index (χ0v) is 14.6. The van der Waals surface area contributed by atoms with E-state index >= 15 is 0 Å². The van der Waals surface area contributed by atoms with Crippen molar-refractivity contribution in [1.82, 2.24) is 4.57 Å². The number of rotatable bonds is 3. The first kappa shape index (κ1) is 23.0. The molecule has 0 saturated heterocycles. The molecule has 0 saturated carbocycles. The van der Waals surface area contributed by atoms with Gasteiger partial charge in [-0.1, -0.05) is 34.6 Å². The van der Waals surface area contributed by atoms with Gasteiger partial charge < -0.3 is 9.30 Å². The van der Waals surface area contributed by atoms with Gasteiger partial charge in [0.25, 0.3) is 0 Å². The highest BCUT2D eigenvalue weighted by Gasteiger charge is 1.82. The van der Waals surface area contributed by atoms with Crippen LogP contribution in [0.5, 0.6) is 0 Å². The molecule has 0 fully saturated rings. The van der Waals surface area contributed by atoms with Gasteiger partial charge in [-0.15, -0.1) is 0 Å². The zero-order valence-electron chi connectivity index (χ0n) is 14.6. The normalized spacial score (nSPS) is 9.00.